The van der Waals surface area contributed by atoms with Gasteiger partial charge in [-0.25, -0.2) is 8.42 Å². The lowest BCUT2D eigenvalue weighted by atomic mass is 10.1. The Hall–Kier alpha value is -3.21. The number of nitrogens with zero attached hydrogens (tertiary/aromatic N) is 5. The molecule has 1 aliphatic heterocycles. The normalized spacial score (nSPS) is 14.6. The van der Waals surface area contributed by atoms with Crippen molar-refractivity contribution in [2.75, 3.05) is 31.2 Å². The Morgan fingerprint density at radius 2 is 1.74 bits per heavy atom. The molecular weight excluding hydrogens is 478 g/mol. The number of hydrogen-bond acceptors (Lipinski definition) is 7. The first-order valence-electron chi connectivity index (χ1n) is 10.7. The van der Waals surface area contributed by atoms with Crippen molar-refractivity contribution in [1.29, 1.82) is 0 Å². The van der Waals surface area contributed by atoms with Gasteiger partial charge in [-0.15, -0.1) is 10.2 Å². The monoisotopic (exact) mass is 499 g/mol. The van der Waals surface area contributed by atoms with Gasteiger partial charge in [-0.05, 0) is 36.2 Å². The zero-order valence-corrected chi connectivity index (χ0v) is 20.0. The van der Waals surface area contributed by atoms with Crippen molar-refractivity contribution in [3.63, 3.8) is 0 Å². The second-order valence-electron chi connectivity index (χ2n) is 8.02. The molecule has 0 radical (unpaired) electrons. The lowest BCUT2D eigenvalue weighted by Gasteiger charge is -2.30. The molecule has 34 heavy (non-hydrogen) atoms. The van der Waals surface area contributed by atoms with Crippen LogP contribution >= 0.6 is 11.6 Å². The molecular formula is C23H22ClN5O4S. The average Bonchev–Trinajstić information content (AvgIpc) is 3.28. The SMILES string of the molecule is Cc1c(Cl)cccc1-n1ccn2c(S(=O)(=O)Cc3ccccc3N3CCOCC3)nnc2c1=O. The summed E-state index contributed by atoms with van der Waals surface area (Å²) in [6.45, 7) is 4.36. The molecule has 0 atom stereocenters. The zero-order valence-electron chi connectivity index (χ0n) is 18.4. The van der Waals surface area contributed by atoms with E-state index >= 15 is 0 Å². The largest absolute Gasteiger partial charge is 0.378 e. The predicted octanol–water partition coefficient (Wildman–Crippen LogP) is 2.65. The van der Waals surface area contributed by atoms with E-state index < -0.39 is 15.4 Å². The lowest BCUT2D eigenvalue weighted by molar-refractivity contribution is 0.122. The summed E-state index contributed by atoms with van der Waals surface area (Å²) < 4.78 is 34.8. The molecule has 2 aromatic heterocycles. The van der Waals surface area contributed by atoms with Gasteiger partial charge in [0.1, 0.15) is 0 Å². The van der Waals surface area contributed by atoms with Crippen molar-refractivity contribution in [2.24, 2.45) is 0 Å². The molecule has 5 rings (SSSR count). The Kier molecular flexibility index (Phi) is 5.88. The van der Waals surface area contributed by atoms with Crippen LogP contribution in [0.5, 0.6) is 0 Å². The number of ether oxygens (including phenoxy) is 1. The van der Waals surface area contributed by atoms with Crippen LogP contribution in [0, 0.1) is 6.92 Å². The maximum absolute atomic E-state index is 13.4. The molecule has 0 N–H and O–H groups in total. The van der Waals surface area contributed by atoms with Crippen LogP contribution < -0.4 is 10.5 Å². The van der Waals surface area contributed by atoms with Crippen molar-refractivity contribution in [3.8, 4) is 5.69 Å². The summed E-state index contributed by atoms with van der Waals surface area (Å²) >= 11 is 6.21. The van der Waals surface area contributed by atoms with Crippen LogP contribution in [0.3, 0.4) is 0 Å². The van der Waals surface area contributed by atoms with E-state index in [4.69, 9.17) is 16.3 Å². The highest BCUT2D eigenvalue weighted by atomic mass is 35.5. The second kappa shape index (κ2) is 8.86. The standard InChI is InChI=1S/C23H22ClN5O4S/c1-16-18(24)6-4-8-19(16)28-9-10-29-21(22(28)30)25-26-23(29)34(31,32)15-17-5-2-3-7-20(17)27-11-13-33-14-12-27/h2-10H,11-15H2,1H3. The Morgan fingerprint density at radius 1 is 1.00 bits per heavy atom. The van der Waals surface area contributed by atoms with E-state index in [1.165, 1.54) is 21.4 Å². The van der Waals surface area contributed by atoms with Gasteiger partial charge in [0.05, 0.1) is 24.7 Å². The number of halogens is 1. The highest BCUT2D eigenvalue weighted by Crippen LogP contribution is 2.26. The summed E-state index contributed by atoms with van der Waals surface area (Å²) in [4.78, 5) is 15.2. The van der Waals surface area contributed by atoms with Gasteiger partial charge in [-0.2, -0.15) is 0 Å². The number of morpholine rings is 1. The number of sulfone groups is 1. The van der Waals surface area contributed by atoms with Gasteiger partial charge in [0.25, 0.3) is 5.16 Å². The molecule has 1 saturated heterocycles. The van der Waals surface area contributed by atoms with Gasteiger partial charge < -0.3 is 9.64 Å². The van der Waals surface area contributed by atoms with Crippen molar-refractivity contribution < 1.29 is 13.2 Å². The summed E-state index contributed by atoms with van der Waals surface area (Å²) in [6, 6.07) is 12.6. The van der Waals surface area contributed by atoms with Crippen LogP contribution in [-0.2, 0) is 20.3 Å². The molecule has 1 aliphatic rings. The minimum atomic E-state index is -3.90. The fourth-order valence-corrected chi connectivity index (χ4v) is 5.70. The topological polar surface area (TPSA) is 98.8 Å². The van der Waals surface area contributed by atoms with Crippen LogP contribution in [0.2, 0.25) is 5.02 Å². The Morgan fingerprint density at radius 3 is 2.53 bits per heavy atom. The Balaban J connectivity index is 1.54. The molecule has 176 valence electrons. The van der Waals surface area contributed by atoms with E-state index in [1.54, 1.807) is 31.2 Å². The van der Waals surface area contributed by atoms with Gasteiger partial charge in [0.15, 0.2) is 0 Å². The van der Waals surface area contributed by atoms with Crippen LogP contribution in [0.1, 0.15) is 11.1 Å². The fraction of sp³-hybridized carbons (Fsp3) is 0.261. The number of fused-ring (bicyclic) bond motifs is 1. The van der Waals surface area contributed by atoms with E-state index in [-0.39, 0.29) is 16.6 Å². The lowest BCUT2D eigenvalue weighted by Crippen LogP contribution is -2.36. The fourth-order valence-electron chi connectivity index (χ4n) is 4.14. The van der Waals surface area contributed by atoms with Crippen LogP contribution in [0.25, 0.3) is 11.3 Å². The first-order valence-corrected chi connectivity index (χ1v) is 12.7. The van der Waals surface area contributed by atoms with Crippen molar-refractivity contribution in [3.05, 3.63) is 81.4 Å². The summed E-state index contributed by atoms with van der Waals surface area (Å²) in [5, 5.41) is 8.06. The van der Waals surface area contributed by atoms with Crippen molar-refractivity contribution in [1.82, 2.24) is 19.2 Å². The molecule has 0 amide bonds. The van der Waals surface area contributed by atoms with E-state index in [9.17, 15) is 13.2 Å². The molecule has 1 fully saturated rings. The van der Waals surface area contributed by atoms with Crippen molar-refractivity contribution >= 4 is 32.8 Å². The Labute approximate surface area is 201 Å². The third-order valence-electron chi connectivity index (χ3n) is 5.91. The highest BCUT2D eigenvalue weighted by molar-refractivity contribution is 7.90. The van der Waals surface area contributed by atoms with E-state index in [2.05, 4.69) is 15.1 Å². The summed E-state index contributed by atoms with van der Waals surface area (Å²) in [7, 11) is -3.90. The maximum atomic E-state index is 13.4. The quantitative estimate of drug-likeness (QED) is 0.416. The summed E-state index contributed by atoms with van der Waals surface area (Å²) in [6.07, 6.45) is 2.98. The molecule has 3 heterocycles. The van der Waals surface area contributed by atoms with Gasteiger partial charge >= 0.3 is 5.56 Å². The minimum Gasteiger partial charge on any atom is -0.378 e. The number of benzene rings is 2. The maximum Gasteiger partial charge on any atom is 0.300 e. The number of anilines is 1. The Bertz CT molecular complexity index is 1540. The smallest absolute Gasteiger partial charge is 0.300 e. The third-order valence-corrected chi connectivity index (χ3v) is 7.84. The number of para-hydroxylation sites is 1. The second-order valence-corrected chi connectivity index (χ2v) is 10.3. The molecule has 2 aromatic carbocycles. The number of rotatable bonds is 5. The highest BCUT2D eigenvalue weighted by Gasteiger charge is 2.26. The first kappa shape index (κ1) is 22.6. The first-order chi connectivity index (χ1) is 16.4. The van der Waals surface area contributed by atoms with Gasteiger partial charge in [0.2, 0.25) is 15.5 Å². The third kappa shape index (κ3) is 3.97. The predicted molar refractivity (Wildman–Crippen MR) is 129 cm³/mol. The van der Waals surface area contributed by atoms with Crippen LogP contribution in [0.4, 0.5) is 5.69 Å². The van der Waals surface area contributed by atoms with Crippen LogP contribution in [-0.4, -0.2) is 53.9 Å². The van der Waals surface area contributed by atoms with Gasteiger partial charge in [-0.3, -0.25) is 13.8 Å². The zero-order chi connectivity index (χ0) is 23.9. The van der Waals surface area contributed by atoms with E-state index in [1.807, 2.05) is 18.2 Å². The number of hydrogen-bond donors (Lipinski definition) is 0. The molecule has 0 bridgehead atoms. The van der Waals surface area contributed by atoms with Gasteiger partial charge in [-0.1, -0.05) is 35.9 Å². The van der Waals surface area contributed by atoms with Crippen molar-refractivity contribution in [2.45, 2.75) is 17.8 Å². The molecule has 9 nitrogen and oxygen atoms in total. The van der Waals surface area contributed by atoms with Gasteiger partial charge in [0, 0.05) is 36.2 Å². The average molecular weight is 500 g/mol. The molecule has 0 unspecified atom stereocenters. The molecule has 0 saturated carbocycles. The summed E-state index contributed by atoms with van der Waals surface area (Å²) in [5.41, 5.74) is 2.25. The van der Waals surface area contributed by atoms with E-state index in [0.29, 0.717) is 42.6 Å². The number of aromatic nitrogens is 4. The molecule has 0 spiro atoms. The van der Waals surface area contributed by atoms with E-state index in [0.717, 1.165) is 11.3 Å². The molecule has 0 aliphatic carbocycles. The molecule has 4 aromatic rings. The van der Waals surface area contributed by atoms with Crippen LogP contribution in [0.15, 0.2) is 64.8 Å². The molecule has 11 heteroatoms. The summed E-state index contributed by atoms with van der Waals surface area (Å²) in [5.74, 6) is -0.266. The minimum absolute atomic E-state index is 0.0816.